The van der Waals surface area contributed by atoms with E-state index >= 15 is 0 Å². The van der Waals surface area contributed by atoms with Gasteiger partial charge in [0.15, 0.2) is 5.96 Å². The number of nitrogens with zero attached hydrogens (tertiary/aromatic N) is 1. The molecule has 0 bridgehead atoms. The topological polar surface area (TPSA) is 90.7 Å². The summed E-state index contributed by atoms with van der Waals surface area (Å²) in [5, 5.41) is 2.13. The van der Waals surface area contributed by atoms with Crippen LogP contribution in [0.5, 0.6) is 5.75 Å². The lowest BCUT2D eigenvalue weighted by molar-refractivity contribution is 0.0735. The minimum atomic E-state index is -0.433. The third kappa shape index (κ3) is 3.52. The van der Waals surface area contributed by atoms with Gasteiger partial charge in [-0.15, -0.1) is 0 Å². The second-order valence-corrected chi connectivity index (χ2v) is 5.49. The number of benzene rings is 3. The van der Waals surface area contributed by atoms with Crippen molar-refractivity contribution >= 4 is 28.4 Å². The summed E-state index contributed by atoms with van der Waals surface area (Å²) in [7, 11) is 0. The van der Waals surface area contributed by atoms with Gasteiger partial charge in [0.1, 0.15) is 5.75 Å². The van der Waals surface area contributed by atoms with Crippen LogP contribution in [0, 0.1) is 6.92 Å². The molecule has 120 valence electrons. The van der Waals surface area contributed by atoms with Gasteiger partial charge < -0.3 is 16.2 Å². The third-order valence-corrected chi connectivity index (χ3v) is 3.54. The van der Waals surface area contributed by atoms with Gasteiger partial charge in [-0.3, -0.25) is 0 Å². The molecule has 0 spiro atoms. The minimum Gasteiger partial charge on any atom is -0.423 e. The molecule has 0 aromatic heterocycles. The first-order valence-electron chi connectivity index (χ1n) is 7.43. The monoisotopic (exact) mass is 319 g/mol. The Labute approximate surface area is 139 Å². The minimum absolute atomic E-state index is 0.0308. The highest BCUT2D eigenvalue weighted by atomic mass is 16.5. The van der Waals surface area contributed by atoms with Gasteiger partial charge in [-0.25, -0.2) is 9.79 Å². The molecule has 0 aliphatic carbocycles. The highest BCUT2D eigenvalue weighted by Crippen LogP contribution is 2.23. The van der Waals surface area contributed by atoms with Crippen LogP contribution in [-0.4, -0.2) is 11.9 Å². The Balaban J connectivity index is 1.79. The van der Waals surface area contributed by atoms with Gasteiger partial charge in [0, 0.05) is 0 Å². The summed E-state index contributed by atoms with van der Waals surface area (Å²) in [6.45, 7) is 2.04. The lowest BCUT2D eigenvalue weighted by Gasteiger charge is -2.06. The average molecular weight is 319 g/mol. The molecule has 4 N–H and O–H groups in total. The van der Waals surface area contributed by atoms with Gasteiger partial charge in [0.25, 0.3) is 0 Å². The van der Waals surface area contributed by atoms with Gasteiger partial charge >= 0.3 is 5.97 Å². The number of hydrogen-bond acceptors (Lipinski definition) is 3. The number of aliphatic imine (C=N–C) groups is 1. The molecule has 0 fully saturated rings. The number of guanidine groups is 1. The molecule has 5 nitrogen and oxygen atoms in total. The van der Waals surface area contributed by atoms with E-state index in [1.54, 1.807) is 30.3 Å². The summed E-state index contributed by atoms with van der Waals surface area (Å²) in [6, 6.07) is 18.2. The van der Waals surface area contributed by atoms with Crippen molar-refractivity contribution in [2.75, 3.05) is 0 Å². The van der Waals surface area contributed by atoms with Crippen molar-refractivity contribution in [2.24, 2.45) is 16.5 Å². The highest BCUT2D eigenvalue weighted by molar-refractivity contribution is 5.92. The molecule has 0 radical (unpaired) electrons. The Kier molecular flexibility index (Phi) is 4.16. The molecule has 0 aliphatic heterocycles. The maximum atomic E-state index is 12.2. The first-order valence-corrected chi connectivity index (χ1v) is 7.43. The van der Waals surface area contributed by atoms with E-state index in [-0.39, 0.29) is 5.96 Å². The molecular formula is C19H17N3O2. The zero-order chi connectivity index (χ0) is 17.1. The second kappa shape index (κ2) is 6.42. The van der Waals surface area contributed by atoms with Crippen LogP contribution < -0.4 is 16.2 Å². The molecule has 3 aromatic carbocycles. The summed E-state index contributed by atoms with van der Waals surface area (Å²) < 4.78 is 5.44. The predicted molar refractivity (Wildman–Crippen MR) is 95.6 cm³/mol. The Morgan fingerprint density at radius 3 is 2.29 bits per heavy atom. The van der Waals surface area contributed by atoms with Crippen LogP contribution in [0.15, 0.2) is 65.7 Å². The lowest BCUT2D eigenvalue weighted by atomic mass is 10.1. The van der Waals surface area contributed by atoms with Gasteiger partial charge in [0.05, 0.1) is 11.3 Å². The van der Waals surface area contributed by atoms with E-state index in [1.807, 2.05) is 31.2 Å². The average Bonchev–Trinajstić information content (AvgIpc) is 2.55. The molecule has 0 unspecified atom stereocenters. The van der Waals surface area contributed by atoms with Gasteiger partial charge in [-0.1, -0.05) is 29.8 Å². The van der Waals surface area contributed by atoms with Crippen molar-refractivity contribution in [2.45, 2.75) is 6.92 Å². The molecule has 24 heavy (non-hydrogen) atoms. The summed E-state index contributed by atoms with van der Waals surface area (Å²) in [5.41, 5.74) is 12.8. The normalized spacial score (nSPS) is 10.4. The van der Waals surface area contributed by atoms with Crippen LogP contribution in [0.1, 0.15) is 15.9 Å². The van der Waals surface area contributed by atoms with E-state index < -0.39 is 5.97 Å². The fourth-order valence-corrected chi connectivity index (χ4v) is 2.39. The van der Waals surface area contributed by atoms with E-state index in [1.165, 1.54) is 5.56 Å². The van der Waals surface area contributed by atoms with Crippen molar-refractivity contribution in [3.63, 3.8) is 0 Å². The Morgan fingerprint density at radius 1 is 0.917 bits per heavy atom. The molecule has 0 heterocycles. The van der Waals surface area contributed by atoms with Crippen LogP contribution >= 0.6 is 0 Å². The van der Waals surface area contributed by atoms with Gasteiger partial charge in [-0.2, -0.15) is 0 Å². The van der Waals surface area contributed by atoms with E-state index in [2.05, 4.69) is 11.1 Å². The number of fused-ring (bicyclic) bond motifs is 1. The number of aryl methyl sites for hydroxylation is 1. The maximum absolute atomic E-state index is 12.2. The fraction of sp³-hybridized carbons (Fsp3) is 0.0526. The van der Waals surface area contributed by atoms with E-state index in [0.717, 1.165) is 10.8 Å². The number of carbonyl (C=O) groups excluding carboxylic acids is 1. The van der Waals surface area contributed by atoms with Crippen LogP contribution in [0.25, 0.3) is 10.8 Å². The quantitative estimate of drug-likeness (QED) is 0.335. The molecule has 5 heteroatoms. The summed E-state index contributed by atoms with van der Waals surface area (Å²) in [5.74, 6) is 0.0408. The summed E-state index contributed by atoms with van der Waals surface area (Å²) >= 11 is 0. The molecule has 0 aliphatic rings. The fourth-order valence-electron chi connectivity index (χ4n) is 2.39. The van der Waals surface area contributed by atoms with Crippen molar-refractivity contribution in [3.05, 3.63) is 71.8 Å². The van der Waals surface area contributed by atoms with Crippen LogP contribution in [-0.2, 0) is 0 Å². The number of nitrogens with two attached hydrogens (primary N) is 2. The number of hydrogen-bond donors (Lipinski definition) is 2. The molecule has 0 saturated heterocycles. The highest BCUT2D eigenvalue weighted by Gasteiger charge is 2.09. The Morgan fingerprint density at radius 2 is 1.58 bits per heavy atom. The zero-order valence-electron chi connectivity index (χ0n) is 13.2. The molecular weight excluding hydrogens is 302 g/mol. The number of ether oxygens (including phenoxy) is 1. The SMILES string of the molecule is Cc1ccc2cc(OC(=O)c3ccc(N=C(N)N)cc3)ccc2c1. The lowest BCUT2D eigenvalue weighted by Crippen LogP contribution is -2.21. The van der Waals surface area contributed by atoms with Crippen molar-refractivity contribution < 1.29 is 9.53 Å². The molecule has 0 amide bonds. The first-order chi connectivity index (χ1) is 11.5. The maximum Gasteiger partial charge on any atom is 0.343 e. The third-order valence-electron chi connectivity index (χ3n) is 3.54. The van der Waals surface area contributed by atoms with E-state index in [4.69, 9.17) is 16.2 Å². The van der Waals surface area contributed by atoms with Crippen LogP contribution in [0.3, 0.4) is 0 Å². The Hall–Kier alpha value is -3.34. The summed E-state index contributed by atoms with van der Waals surface area (Å²) in [6.07, 6.45) is 0. The first kappa shape index (κ1) is 15.6. The largest absolute Gasteiger partial charge is 0.423 e. The molecule has 0 atom stereocenters. The van der Waals surface area contributed by atoms with Gasteiger partial charge in [0.2, 0.25) is 0 Å². The predicted octanol–water partition coefficient (Wildman–Crippen LogP) is 3.27. The van der Waals surface area contributed by atoms with Crippen molar-refractivity contribution in [1.82, 2.24) is 0 Å². The standard InChI is InChI=1S/C19H17N3O2/c1-12-2-3-15-11-17(9-6-14(15)10-12)24-18(23)13-4-7-16(8-5-13)22-19(20)21/h2-11H,1H3,(H4,20,21,22). The summed E-state index contributed by atoms with van der Waals surface area (Å²) in [4.78, 5) is 16.1. The number of carbonyl (C=O) groups is 1. The number of rotatable bonds is 3. The smallest absolute Gasteiger partial charge is 0.343 e. The van der Waals surface area contributed by atoms with E-state index in [9.17, 15) is 4.79 Å². The van der Waals surface area contributed by atoms with Crippen molar-refractivity contribution in [3.8, 4) is 5.75 Å². The zero-order valence-corrected chi connectivity index (χ0v) is 13.2. The van der Waals surface area contributed by atoms with Crippen LogP contribution in [0.2, 0.25) is 0 Å². The molecule has 3 aromatic rings. The van der Waals surface area contributed by atoms with Crippen LogP contribution in [0.4, 0.5) is 5.69 Å². The molecule has 3 rings (SSSR count). The van der Waals surface area contributed by atoms with Gasteiger partial charge in [-0.05, 0) is 54.1 Å². The molecule has 0 saturated carbocycles. The van der Waals surface area contributed by atoms with Crippen molar-refractivity contribution in [1.29, 1.82) is 0 Å². The van der Waals surface area contributed by atoms with E-state index in [0.29, 0.717) is 17.0 Å². The second-order valence-electron chi connectivity index (χ2n) is 5.49. The number of esters is 1. The Bertz CT molecular complexity index is 927.